The molecule has 0 radical (unpaired) electrons. The number of hydrogen-bond acceptors (Lipinski definition) is 10. The first-order valence-corrected chi connectivity index (χ1v) is 15.4. The summed E-state index contributed by atoms with van der Waals surface area (Å²) in [7, 11) is 0. The van der Waals surface area contributed by atoms with Crippen molar-refractivity contribution in [3.05, 3.63) is 70.8 Å². The first kappa shape index (κ1) is 26.1. The van der Waals surface area contributed by atoms with Crippen molar-refractivity contribution in [3.8, 4) is 0 Å². The molecule has 2 unspecified atom stereocenters. The maximum atomic E-state index is 4.80. The molecule has 2 aromatic rings. The van der Waals surface area contributed by atoms with Crippen LogP contribution < -0.4 is 31.9 Å². The highest BCUT2D eigenvalue weighted by atomic mass is 15.2. The van der Waals surface area contributed by atoms with E-state index in [-0.39, 0.29) is 0 Å². The third-order valence-corrected chi connectivity index (χ3v) is 9.00. The lowest BCUT2D eigenvalue weighted by molar-refractivity contribution is 0.805. The monoisotopic (exact) mass is 574 g/mol. The van der Waals surface area contributed by atoms with Crippen molar-refractivity contribution in [2.45, 2.75) is 31.3 Å². The molecule has 0 spiro atoms. The molecule has 0 fully saturated rings. The van der Waals surface area contributed by atoms with Gasteiger partial charge in [0.2, 0.25) is 0 Å². The van der Waals surface area contributed by atoms with E-state index < -0.39 is 11.1 Å². The summed E-state index contributed by atoms with van der Waals surface area (Å²) < 4.78 is 0. The number of benzene rings is 2. The summed E-state index contributed by atoms with van der Waals surface area (Å²) >= 11 is 0. The molecule has 0 aliphatic carbocycles. The second-order valence-electron chi connectivity index (χ2n) is 12.3. The highest BCUT2D eigenvalue weighted by molar-refractivity contribution is 6.27. The Morgan fingerprint density at radius 2 is 1.02 bits per heavy atom. The van der Waals surface area contributed by atoms with Crippen molar-refractivity contribution in [2.24, 2.45) is 20.0 Å². The Kier molecular flexibility index (Phi) is 6.06. The van der Waals surface area contributed by atoms with E-state index in [1.54, 1.807) is 0 Å². The van der Waals surface area contributed by atoms with Gasteiger partial charge in [-0.15, -0.1) is 0 Å². The number of anilines is 2. The van der Waals surface area contributed by atoms with Crippen LogP contribution in [0.25, 0.3) is 11.1 Å². The second-order valence-corrected chi connectivity index (χ2v) is 12.3. The molecular weight excluding hydrogens is 536 g/mol. The lowest BCUT2D eigenvalue weighted by Crippen LogP contribution is -2.49. The summed E-state index contributed by atoms with van der Waals surface area (Å²) in [5.41, 5.74) is 8.52. The standard InChI is InChI=1S/C33H38N10/c1-32(30-38-11-12-39-30)18-24(28-34-7-8-35-28)22-16-20(3-5-26(22)42-32)15-21-4-6-27-23(17-21)25(29-36-9-10-37-29)19-33(2,43-27)31-40-13-14-41-31/h3-6,16-19,42-43H,7-15H2,1-2H3,(H,34,35)(H,36,37)(H,38,39)(H,40,41). The fourth-order valence-corrected chi connectivity index (χ4v) is 6.96. The summed E-state index contributed by atoms with van der Waals surface area (Å²) in [6.45, 7) is 11.1. The predicted octanol–water partition coefficient (Wildman–Crippen LogP) is 2.42. The van der Waals surface area contributed by atoms with Crippen molar-refractivity contribution >= 4 is 45.9 Å². The van der Waals surface area contributed by atoms with Crippen LogP contribution in [0, 0.1) is 0 Å². The highest BCUT2D eigenvalue weighted by Crippen LogP contribution is 2.39. The van der Waals surface area contributed by atoms with Crippen molar-refractivity contribution in [3.63, 3.8) is 0 Å². The number of rotatable bonds is 6. The third kappa shape index (κ3) is 4.56. The van der Waals surface area contributed by atoms with Crippen molar-refractivity contribution < 1.29 is 0 Å². The first-order valence-electron chi connectivity index (χ1n) is 15.4. The molecule has 0 aromatic heterocycles. The Bertz CT molecular complexity index is 1570. The van der Waals surface area contributed by atoms with Crippen LogP contribution in [-0.4, -0.2) is 86.8 Å². The van der Waals surface area contributed by atoms with Crippen molar-refractivity contribution in [1.29, 1.82) is 0 Å². The molecule has 10 heteroatoms. The molecule has 8 rings (SSSR count). The Labute approximate surface area is 252 Å². The van der Waals surface area contributed by atoms with E-state index in [0.29, 0.717) is 0 Å². The molecule has 2 aromatic carbocycles. The van der Waals surface area contributed by atoms with E-state index in [1.165, 1.54) is 22.3 Å². The molecule has 10 nitrogen and oxygen atoms in total. The number of hydrogen-bond donors (Lipinski definition) is 6. The third-order valence-electron chi connectivity index (χ3n) is 9.00. The highest BCUT2D eigenvalue weighted by Gasteiger charge is 2.38. The van der Waals surface area contributed by atoms with Gasteiger partial charge in [-0.25, -0.2) is 0 Å². The largest absolute Gasteiger partial charge is 0.370 e. The van der Waals surface area contributed by atoms with Gasteiger partial charge in [0.05, 0.1) is 26.2 Å². The lowest BCUT2D eigenvalue weighted by atomic mass is 9.85. The minimum Gasteiger partial charge on any atom is -0.370 e. The molecule has 0 bridgehead atoms. The van der Waals surface area contributed by atoms with Gasteiger partial charge in [0.1, 0.15) is 34.4 Å². The molecule has 6 N–H and O–H groups in total. The molecule has 6 aliphatic heterocycles. The lowest BCUT2D eigenvalue weighted by Gasteiger charge is -2.36. The van der Waals surface area contributed by atoms with Crippen LogP contribution in [0.15, 0.2) is 68.5 Å². The van der Waals surface area contributed by atoms with E-state index in [9.17, 15) is 0 Å². The fraction of sp³-hybridized carbons (Fsp3) is 0.394. The second kappa shape index (κ2) is 10.00. The quantitative estimate of drug-likeness (QED) is 0.315. The van der Waals surface area contributed by atoms with Crippen molar-refractivity contribution in [2.75, 3.05) is 63.0 Å². The number of aliphatic imine (C=N–C) groups is 4. The molecule has 43 heavy (non-hydrogen) atoms. The minimum absolute atomic E-state index is 0.410. The molecule has 0 saturated carbocycles. The van der Waals surface area contributed by atoms with Crippen molar-refractivity contribution in [1.82, 2.24) is 21.3 Å². The zero-order valence-corrected chi connectivity index (χ0v) is 24.8. The molecule has 2 atom stereocenters. The Morgan fingerprint density at radius 3 is 1.42 bits per heavy atom. The summed E-state index contributed by atoms with van der Waals surface area (Å²) in [4.78, 5) is 19.1. The van der Waals surface area contributed by atoms with Gasteiger partial charge >= 0.3 is 0 Å². The Hall–Kier alpha value is -4.60. The van der Waals surface area contributed by atoms with E-state index >= 15 is 0 Å². The average Bonchev–Trinajstić information content (AvgIpc) is 3.84. The molecule has 6 heterocycles. The van der Waals surface area contributed by atoms with Crippen LogP contribution in [-0.2, 0) is 6.42 Å². The molecule has 0 saturated heterocycles. The maximum absolute atomic E-state index is 4.80. The number of fused-ring (bicyclic) bond motifs is 2. The Balaban J connectivity index is 1.13. The van der Waals surface area contributed by atoms with E-state index in [0.717, 1.165) is 105 Å². The van der Waals surface area contributed by atoms with E-state index in [4.69, 9.17) is 20.0 Å². The predicted molar refractivity (Wildman–Crippen MR) is 177 cm³/mol. The summed E-state index contributed by atoms with van der Waals surface area (Å²) in [6.07, 6.45) is 5.38. The van der Waals surface area contributed by atoms with Gasteiger partial charge in [-0.1, -0.05) is 12.1 Å². The average molecular weight is 575 g/mol. The smallest absolute Gasteiger partial charge is 0.128 e. The molecular formula is C33H38N10. The fourth-order valence-electron chi connectivity index (χ4n) is 6.96. The van der Waals surface area contributed by atoms with Crippen LogP contribution in [0.5, 0.6) is 0 Å². The zero-order chi connectivity index (χ0) is 29.0. The van der Waals surface area contributed by atoms with Gasteiger partial charge in [-0.3, -0.25) is 20.0 Å². The van der Waals surface area contributed by atoms with E-state index in [2.05, 4.69) is 94.3 Å². The van der Waals surface area contributed by atoms with Gasteiger partial charge < -0.3 is 31.9 Å². The van der Waals surface area contributed by atoms with Crippen LogP contribution >= 0.6 is 0 Å². The SMILES string of the molecule is CC1(C2=NCCN2)C=C(C2=NCCN2)c2cc(Cc3ccc4c(c3)C(C3=NCCN3)=CC(C)(C3=NCCN3)N4)ccc2N1. The Morgan fingerprint density at radius 1 is 0.581 bits per heavy atom. The topological polar surface area (TPSA) is 122 Å². The summed E-state index contributed by atoms with van der Waals surface area (Å²) in [5, 5.41) is 21.5. The van der Waals surface area contributed by atoms with Gasteiger partial charge in [0.15, 0.2) is 0 Å². The molecule has 0 amide bonds. The number of nitrogens with zero attached hydrogens (tertiary/aromatic N) is 4. The number of nitrogens with one attached hydrogen (secondary N) is 6. The summed E-state index contributed by atoms with van der Waals surface area (Å²) in [6, 6.07) is 13.5. The van der Waals surface area contributed by atoms with Crippen LogP contribution in [0.1, 0.15) is 36.1 Å². The van der Waals surface area contributed by atoms with Gasteiger partial charge in [-0.05, 0) is 67.8 Å². The van der Waals surface area contributed by atoms with Gasteiger partial charge in [0.25, 0.3) is 0 Å². The van der Waals surface area contributed by atoms with Crippen LogP contribution in [0.2, 0.25) is 0 Å². The van der Waals surface area contributed by atoms with Gasteiger partial charge in [-0.2, -0.15) is 0 Å². The molecule has 6 aliphatic rings. The van der Waals surface area contributed by atoms with E-state index in [1.807, 2.05) is 0 Å². The zero-order valence-electron chi connectivity index (χ0n) is 24.8. The summed E-state index contributed by atoms with van der Waals surface area (Å²) in [5.74, 6) is 3.90. The van der Waals surface area contributed by atoms with Crippen LogP contribution in [0.3, 0.4) is 0 Å². The van der Waals surface area contributed by atoms with Crippen LogP contribution in [0.4, 0.5) is 11.4 Å². The molecule has 220 valence electrons. The minimum atomic E-state index is -0.410. The maximum Gasteiger partial charge on any atom is 0.128 e. The number of amidine groups is 4. The first-order chi connectivity index (χ1) is 21.0. The normalized spacial score (nSPS) is 26.9. The van der Waals surface area contributed by atoms with Gasteiger partial charge in [0, 0.05) is 59.8 Å².